The third-order valence-corrected chi connectivity index (χ3v) is 5.38. The Labute approximate surface area is 172 Å². The largest absolute Gasteiger partial charge is 0.348 e. The molecule has 1 saturated carbocycles. The van der Waals surface area contributed by atoms with Gasteiger partial charge in [0.1, 0.15) is 0 Å². The molecule has 1 aliphatic rings. The van der Waals surface area contributed by atoms with Crippen molar-refractivity contribution in [2.75, 3.05) is 0 Å². The Morgan fingerprint density at radius 1 is 0.897 bits per heavy atom. The molecular formula is C26H24N2O. The van der Waals surface area contributed by atoms with E-state index in [2.05, 4.69) is 40.8 Å². The van der Waals surface area contributed by atoms with Crippen molar-refractivity contribution in [2.45, 2.75) is 31.5 Å². The maximum Gasteiger partial charge on any atom is 0.251 e. The fourth-order valence-corrected chi connectivity index (χ4v) is 3.52. The van der Waals surface area contributed by atoms with Gasteiger partial charge in [0.25, 0.3) is 5.91 Å². The van der Waals surface area contributed by atoms with Crippen molar-refractivity contribution in [2.24, 2.45) is 0 Å². The zero-order valence-corrected chi connectivity index (χ0v) is 16.3. The number of nitrogens with one attached hydrogen (secondary N) is 2. The topological polar surface area (TPSA) is 41.1 Å². The molecular weight excluding hydrogens is 356 g/mol. The first kappa shape index (κ1) is 19.0. The molecule has 0 bridgehead atoms. The van der Waals surface area contributed by atoms with Crippen LogP contribution in [0.5, 0.6) is 0 Å². The molecule has 2 N–H and O–H groups in total. The summed E-state index contributed by atoms with van der Waals surface area (Å²) in [5.41, 5.74) is 5.22. The van der Waals surface area contributed by atoms with E-state index in [-0.39, 0.29) is 5.91 Å². The molecule has 0 aromatic heterocycles. The zero-order chi connectivity index (χ0) is 20.1. The van der Waals surface area contributed by atoms with Gasteiger partial charge >= 0.3 is 0 Å². The van der Waals surface area contributed by atoms with E-state index in [1.54, 1.807) is 0 Å². The Morgan fingerprint density at radius 3 is 2.28 bits per heavy atom. The number of rotatable bonds is 7. The fraction of sp³-hybridized carbons (Fsp3) is 0.192. The number of hydrogen-bond donors (Lipinski definition) is 2. The second-order valence-electron chi connectivity index (χ2n) is 7.46. The summed E-state index contributed by atoms with van der Waals surface area (Å²) in [6, 6.07) is 26.5. The van der Waals surface area contributed by atoms with Gasteiger partial charge in [0.15, 0.2) is 0 Å². The van der Waals surface area contributed by atoms with Gasteiger partial charge in [-0.2, -0.15) is 0 Å². The Hall–Kier alpha value is -3.35. The number of carbonyl (C=O) groups is 1. The molecule has 1 aliphatic carbocycles. The van der Waals surface area contributed by atoms with Crippen LogP contribution in [0.2, 0.25) is 0 Å². The molecule has 29 heavy (non-hydrogen) atoms. The molecule has 1 amide bonds. The predicted molar refractivity (Wildman–Crippen MR) is 116 cm³/mol. The van der Waals surface area contributed by atoms with Gasteiger partial charge in [-0.3, -0.25) is 4.79 Å². The Kier molecular flexibility index (Phi) is 5.74. The first-order valence-electron chi connectivity index (χ1n) is 9.94. The van der Waals surface area contributed by atoms with Crippen molar-refractivity contribution in [1.29, 1.82) is 0 Å². The summed E-state index contributed by atoms with van der Waals surface area (Å²) in [6.45, 7) is 1.38. The lowest BCUT2D eigenvalue weighted by Gasteiger charge is -2.07. The van der Waals surface area contributed by atoms with Crippen LogP contribution >= 0.6 is 0 Å². The number of carbonyl (C=O) groups excluding carboxylic acids is 1. The van der Waals surface area contributed by atoms with Crippen LogP contribution in [0.25, 0.3) is 0 Å². The van der Waals surface area contributed by atoms with Crippen molar-refractivity contribution in [3.63, 3.8) is 0 Å². The van der Waals surface area contributed by atoms with Gasteiger partial charge in [-0.1, -0.05) is 60.5 Å². The van der Waals surface area contributed by atoms with Crippen molar-refractivity contribution in [3.05, 3.63) is 107 Å². The van der Waals surface area contributed by atoms with Crippen molar-refractivity contribution in [3.8, 4) is 12.3 Å². The van der Waals surface area contributed by atoms with Crippen LogP contribution in [0.4, 0.5) is 0 Å². The number of benzene rings is 3. The van der Waals surface area contributed by atoms with Gasteiger partial charge in [0.2, 0.25) is 0 Å². The van der Waals surface area contributed by atoms with Crippen molar-refractivity contribution >= 4 is 5.91 Å². The Bertz CT molecular complexity index is 1000. The molecule has 0 heterocycles. The summed E-state index contributed by atoms with van der Waals surface area (Å²) in [6.07, 6.45) is 6.52. The predicted octanol–water partition coefficient (Wildman–Crippen LogP) is 4.24. The average Bonchev–Trinajstić information content (AvgIpc) is 3.57. The maximum atomic E-state index is 12.3. The molecule has 4 rings (SSSR count). The summed E-state index contributed by atoms with van der Waals surface area (Å²) in [7, 11) is 0. The van der Waals surface area contributed by atoms with Crippen molar-refractivity contribution in [1.82, 2.24) is 10.6 Å². The molecule has 2 atom stereocenters. The summed E-state index contributed by atoms with van der Waals surface area (Å²) in [4.78, 5) is 12.3. The molecule has 144 valence electrons. The first-order chi connectivity index (χ1) is 14.2. The second kappa shape index (κ2) is 8.77. The monoisotopic (exact) mass is 380 g/mol. The highest BCUT2D eigenvalue weighted by molar-refractivity contribution is 5.94. The summed E-state index contributed by atoms with van der Waals surface area (Å²) < 4.78 is 0. The van der Waals surface area contributed by atoms with Gasteiger partial charge in [0, 0.05) is 36.2 Å². The van der Waals surface area contributed by atoms with E-state index in [0.29, 0.717) is 24.1 Å². The van der Waals surface area contributed by atoms with Crippen LogP contribution in [0.3, 0.4) is 0 Å². The molecule has 0 saturated heterocycles. The summed E-state index contributed by atoms with van der Waals surface area (Å²) >= 11 is 0. The zero-order valence-electron chi connectivity index (χ0n) is 16.3. The molecule has 3 aromatic rings. The normalized spacial score (nSPS) is 17.3. The average molecular weight is 380 g/mol. The molecule has 3 aromatic carbocycles. The summed E-state index contributed by atoms with van der Waals surface area (Å²) in [5, 5.41) is 6.58. The lowest BCUT2D eigenvalue weighted by Crippen LogP contribution is -2.22. The van der Waals surface area contributed by atoms with Gasteiger partial charge in [-0.15, -0.1) is 6.42 Å². The van der Waals surface area contributed by atoms with E-state index >= 15 is 0 Å². The summed E-state index contributed by atoms with van der Waals surface area (Å²) in [5.74, 6) is 3.11. The quantitative estimate of drug-likeness (QED) is 0.602. The minimum Gasteiger partial charge on any atom is -0.348 e. The van der Waals surface area contributed by atoms with E-state index in [1.165, 1.54) is 11.1 Å². The SMILES string of the molecule is C#Cc1ccc(CNC2CC2c2ccc(C(=O)NCc3ccccc3)cc2)cc1. The van der Waals surface area contributed by atoms with E-state index in [4.69, 9.17) is 6.42 Å². The standard InChI is InChI=1S/C26H24N2O/c1-2-19-8-10-21(11-9-19)17-27-25-16-24(25)22-12-14-23(15-13-22)26(29)28-18-20-6-4-3-5-7-20/h1,3-15,24-25,27H,16-18H2,(H,28,29). The van der Waals surface area contributed by atoms with Gasteiger partial charge in [-0.05, 0) is 47.4 Å². The van der Waals surface area contributed by atoms with Crippen LogP contribution in [0.15, 0.2) is 78.9 Å². The van der Waals surface area contributed by atoms with Gasteiger partial charge in [-0.25, -0.2) is 0 Å². The molecule has 0 aliphatic heterocycles. The molecule has 1 fully saturated rings. The molecule has 0 radical (unpaired) electrons. The third-order valence-electron chi connectivity index (χ3n) is 5.38. The van der Waals surface area contributed by atoms with Crippen LogP contribution in [0.1, 0.15) is 45.0 Å². The maximum absolute atomic E-state index is 12.3. The molecule has 3 heteroatoms. The Morgan fingerprint density at radius 2 is 1.59 bits per heavy atom. The van der Waals surface area contributed by atoms with Crippen molar-refractivity contribution < 1.29 is 4.79 Å². The first-order valence-corrected chi connectivity index (χ1v) is 9.94. The Balaban J connectivity index is 1.26. The molecule has 3 nitrogen and oxygen atoms in total. The highest BCUT2D eigenvalue weighted by Crippen LogP contribution is 2.40. The van der Waals surface area contributed by atoms with Crippen LogP contribution < -0.4 is 10.6 Å². The minimum absolute atomic E-state index is 0.0405. The minimum atomic E-state index is -0.0405. The third kappa shape index (κ3) is 4.93. The highest BCUT2D eigenvalue weighted by atomic mass is 16.1. The fourth-order valence-electron chi connectivity index (χ4n) is 3.52. The number of hydrogen-bond acceptors (Lipinski definition) is 2. The van der Waals surface area contributed by atoms with Crippen LogP contribution in [0, 0.1) is 12.3 Å². The van der Waals surface area contributed by atoms with E-state index < -0.39 is 0 Å². The van der Waals surface area contributed by atoms with E-state index in [1.807, 2.05) is 54.6 Å². The highest BCUT2D eigenvalue weighted by Gasteiger charge is 2.37. The lowest BCUT2D eigenvalue weighted by molar-refractivity contribution is 0.0951. The number of terminal acetylenes is 1. The van der Waals surface area contributed by atoms with Gasteiger partial charge < -0.3 is 10.6 Å². The van der Waals surface area contributed by atoms with Gasteiger partial charge in [0.05, 0.1) is 0 Å². The van der Waals surface area contributed by atoms with Crippen LogP contribution in [-0.4, -0.2) is 11.9 Å². The van der Waals surface area contributed by atoms with E-state index in [0.717, 1.165) is 24.1 Å². The molecule has 0 spiro atoms. The molecule has 2 unspecified atom stereocenters. The lowest BCUT2D eigenvalue weighted by atomic mass is 10.1. The second-order valence-corrected chi connectivity index (χ2v) is 7.46. The van der Waals surface area contributed by atoms with Crippen LogP contribution in [-0.2, 0) is 13.1 Å². The smallest absolute Gasteiger partial charge is 0.251 e. The number of amides is 1. The van der Waals surface area contributed by atoms with E-state index in [9.17, 15) is 4.79 Å².